The largest absolute Gasteiger partial charge is 0.493 e. The number of amides is 1. The minimum absolute atomic E-state index is 0.199. The van der Waals surface area contributed by atoms with E-state index in [1.807, 2.05) is 72.8 Å². The second-order valence-electron chi connectivity index (χ2n) is 8.05. The first kappa shape index (κ1) is 25.7. The molecule has 0 radical (unpaired) electrons. The van der Waals surface area contributed by atoms with Gasteiger partial charge in [-0.3, -0.25) is 10.1 Å². The van der Waals surface area contributed by atoms with Gasteiger partial charge in [0.25, 0.3) is 5.91 Å². The highest BCUT2D eigenvalue weighted by Crippen LogP contribution is 2.17. The standard InChI is InChI=1S/C30H28N2O4S/c33-29(24-10-7-13-28(22-24)36-21-20-35-26-11-5-2-6-12-26)32-30(37)31-25-14-16-27(17-15-25)34-19-18-23-8-3-1-4-9-23/h1-17,22H,18-21H2,(H2,31,32,33,37). The molecule has 0 aliphatic heterocycles. The van der Waals surface area contributed by atoms with Gasteiger partial charge in [-0.1, -0.05) is 54.6 Å². The van der Waals surface area contributed by atoms with Crippen LogP contribution in [0, 0.1) is 0 Å². The van der Waals surface area contributed by atoms with Crippen LogP contribution in [0.1, 0.15) is 15.9 Å². The molecule has 1 amide bonds. The minimum atomic E-state index is -0.329. The Morgan fingerprint density at radius 1 is 0.649 bits per heavy atom. The fourth-order valence-corrected chi connectivity index (χ4v) is 3.68. The minimum Gasteiger partial charge on any atom is -0.493 e. The number of ether oxygens (including phenoxy) is 3. The molecule has 0 saturated carbocycles. The van der Waals surface area contributed by atoms with Gasteiger partial charge in [-0.05, 0) is 72.4 Å². The molecule has 0 atom stereocenters. The average molecular weight is 513 g/mol. The molecule has 7 heteroatoms. The number of benzene rings is 4. The van der Waals surface area contributed by atoms with E-state index in [0.717, 1.165) is 23.6 Å². The second-order valence-corrected chi connectivity index (χ2v) is 8.46. The van der Waals surface area contributed by atoms with Crippen molar-refractivity contribution < 1.29 is 19.0 Å². The Morgan fingerprint density at radius 3 is 1.97 bits per heavy atom. The highest BCUT2D eigenvalue weighted by Gasteiger charge is 2.09. The summed E-state index contributed by atoms with van der Waals surface area (Å²) in [6.45, 7) is 1.34. The van der Waals surface area contributed by atoms with Crippen LogP contribution in [0.4, 0.5) is 5.69 Å². The molecule has 0 aliphatic rings. The summed E-state index contributed by atoms with van der Waals surface area (Å²) in [5, 5.41) is 5.92. The van der Waals surface area contributed by atoms with Crippen LogP contribution in [0.2, 0.25) is 0 Å². The Hall–Kier alpha value is -4.36. The monoisotopic (exact) mass is 512 g/mol. The smallest absolute Gasteiger partial charge is 0.257 e. The lowest BCUT2D eigenvalue weighted by Crippen LogP contribution is -2.34. The summed E-state index contributed by atoms with van der Waals surface area (Å²) >= 11 is 5.31. The van der Waals surface area contributed by atoms with Gasteiger partial charge in [0.05, 0.1) is 6.61 Å². The van der Waals surface area contributed by atoms with Gasteiger partial charge in [0.2, 0.25) is 0 Å². The Balaban J connectivity index is 1.19. The number of carbonyl (C=O) groups is 1. The van der Waals surface area contributed by atoms with Crippen LogP contribution < -0.4 is 24.8 Å². The zero-order chi connectivity index (χ0) is 25.7. The quantitative estimate of drug-likeness (QED) is 0.193. The molecule has 0 saturated heterocycles. The van der Waals surface area contributed by atoms with Crippen LogP contribution in [-0.4, -0.2) is 30.8 Å². The van der Waals surface area contributed by atoms with Crippen LogP contribution in [0.15, 0.2) is 109 Å². The summed E-state index contributed by atoms with van der Waals surface area (Å²) in [5.41, 5.74) is 2.42. The molecule has 0 spiro atoms. The van der Waals surface area contributed by atoms with Gasteiger partial charge in [-0.15, -0.1) is 0 Å². The molecule has 0 heterocycles. The summed E-state index contributed by atoms with van der Waals surface area (Å²) in [4.78, 5) is 12.7. The van der Waals surface area contributed by atoms with Gasteiger partial charge in [0, 0.05) is 17.7 Å². The van der Waals surface area contributed by atoms with Crippen LogP contribution in [0.5, 0.6) is 17.2 Å². The third-order valence-corrected chi connectivity index (χ3v) is 5.51. The lowest BCUT2D eigenvalue weighted by molar-refractivity contribution is 0.0977. The van der Waals surface area contributed by atoms with Crippen molar-refractivity contribution in [1.82, 2.24) is 5.32 Å². The van der Waals surface area contributed by atoms with Crippen LogP contribution in [0.25, 0.3) is 0 Å². The third-order valence-electron chi connectivity index (χ3n) is 5.30. The van der Waals surface area contributed by atoms with E-state index < -0.39 is 0 Å². The second kappa shape index (κ2) is 13.7. The first-order valence-electron chi connectivity index (χ1n) is 12.0. The summed E-state index contributed by atoms with van der Waals surface area (Å²) in [5.74, 6) is 1.79. The molecule has 0 fully saturated rings. The van der Waals surface area contributed by atoms with E-state index >= 15 is 0 Å². The van der Waals surface area contributed by atoms with E-state index in [0.29, 0.717) is 31.1 Å². The lowest BCUT2D eigenvalue weighted by Gasteiger charge is -2.12. The van der Waals surface area contributed by atoms with Gasteiger partial charge >= 0.3 is 0 Å². The SMILES string of the molecule is O=C(NC(=S)Nc1ccc(OCCc2ccccc2)cc1)c1cccc(OCCOc2ccccc2)c1. The maximum atomic E-state index is 12.7. The molecular weight excluding hydrogens is 484 g/mol. The number of para-hydroxylation sites is 1. The highest BCUT2D eigenvalue weighted by atomic mass is 32.1. The number of rotatable bonds is 11. The van der Waals surface area contributed by atoms with Crippen LogP contribution in [-0.2, 0) is 6.42 Å². The Bertz CT molecular complexity index is 1280. The van der Waals surface area contributed by atoms with Crippen molar-refractivity contribution in [3.63, 3.8) is 0 Å². The van der Waals surface area contributed by atoms with Gasteiger partial charge in [0.15, 0.2) is 5.11 Å². The maximum Gasteiger partial charge on any atom is 0.257 e. The number of anilines is 1. The highest BCUT2D eigenvalue weighted by molar-refractivity contribution is 7.80. The van der Waals surface area contributed by atoms with Crippen LogP contribution >= 0.6 is 12.2 Å². The number of carbonyl (C=O) groups excluding carboxylic acids is 1. The molecular formula is C30H28N2O4S. The zero-order valence-electron chi connectivity index (χ0n) is 20.3. The van der Waals surface area contributed by atoms with Crippen LogP contribution in [0.3, 0.4) is 0 Å². The van der Waals surface area contributed by atoms with Gasteiger partial charge in [-0.2, -0.15) is 0 Å². The van der Waals surface area contributed by atoms with E-state index in [2.05, 4.69) is 22.8 Å². The average Bonchev–Trinajstić information content (AvgIpc) is 2.93. The fourth-order valence-electron chi connectivity index (χ4n) is 3.47. The van der Waals surface area contributed by atoms with E-state index in [-0.39, 0.29) is 11.0 Å². The van der Waals surface area contributed by atoms with E-state index in [1.54, 1.807) is 24.3 Å². The number of hydrogen-bond acceptors (Lipinski definition) is 5. The Kier molecular flexibility index (Phi) is 9.49. The van der Waals surface area contributed by atoms with Crippen molar-refractivity contribution >= 4 is 28.9 Å². The van der Waals surface area contributed by atoms with Gasteiger partial charge in [-0.25, -0.2) is 0 Å². The molecule has 0 aliphatic carbocycles. The normalized spacial score (nSPS) is 10.3. The molecule has 0 aromatic heterocycles. The third kappa shape index (κ3) is 8.66. The van der Waals surface area contributed by atoms with E-state index in [1.165, 1.54) is 5.56 Å². The molecule has 2 N–H and O–H groups in total. The van der Waals surface area contributed by atoms with Gasteiger partial charge < -0.3 is 19.5 Å². The molecule has 0 bridgehead atoms. The summed E-state index contributed by atoms with van der Waals surface area (Å²) < 4.78 is 17.2. The molecule has 0 unspecified atom stereocenters. The van der Waals surface area contributed by atoms with Crippen molar-refractivity contribution in [3.8, 4) is 17.2 Å². The van der Waals surface area contributed by atoms with Gasteiger partial charge in [0.1, 0.15) is 30.5 Å². The van der Waals surface area contributed by atoms with Crippen molar-refractivity contribution in [3.05, 3.63) is 120 Å². The predicted octanol–water partition coefficient (Wildman–Crippen LogP) is 5.89. The van der Waals surface area contributed by atoms with E-state index in [4.69, 9.17) is 26.4 Å². The number of nitrogens with one attached hydrogen (secondary N) is 2. The predicted molar refractivity (Wildman–Crippen MR) is 150 cm³/mol. The molecule has 4 aromatic rings. The Labute approximate surface area is 222 Å². The van der Waals surface area contributed by atoms with Crippen molar-refractivity contribution in [2.75, 3.05) is 25.1 Å². The number of thiocarbonyl (C=S) groups is 1. The zero-order valence-corrected chi connectivity index (χ0v) is 21.1. The summed E-state index contributed by atoms with van der Waals surface area (Å²) in [6, 6.07) is 34.1. The molecule has 188 valence electrons. The molecule has 37 heavy (non-hydrogen) atoms. The van der Waals surface area contributed by atoms with Crippen molar-refractivity contribution in [2.24, 2.45) is 0 Å². The molecule has 4 aromatic carbocycles. The summed E-state index contributed by atoms with van der Waals surface area (Å²) in [6.07, 6.45) is 0.838. The Morgan fingerprint density at radius 2 is 1.24 bits per heavy atom. The first-order chi connectivity index (χ1) is 18.2. The topological polar surface area (TPSA) is 68.8 Å². The summed E-state index contributed by atoms with van der Waals surface area (Å²) in [7, 11) is 0. The molecule has 4 rings (SSSR count). The number of hydrogen-bond donors (Lipinski definition) is 2. The lowest BCUT2D eigenvalue weighted by atomic mass is 10.2. The fraction of sp³-hybridized carbons (Fsp3) is 0.133. The van der Waals surface area contributed by atoms with E-state index in [9.17, 15) is 4.79 Å². The first-order valence-corrected chi connectivity index (χ1v) is 12.4. The van der Waals surface area contributed by atoms with Crippen molar-refractivity contribution in [2.45, 2.75) is 6.42 Å². The maximum absolute atomic E-state index is 12.7. The molecule has 6 nitrogen and oxygen atoms in total. The van der Waals surface area contributed by atoms with Crippen molar-refractivity contribution in [1.29, 1.82) is 0 Å².